The first-order chi connectivity index (χ1) is 27.3. The van der Waals surface area contributed by atoms with Gasteiger partial charge in [-0.1, -0.05) is 98.5 Å². The highest BCUT2D eigenvalue weighted by molar-refractivity contribution is 6.13. The lowest BCUT2D eigenvalue weighted by molar-refractivity contribution is 0.239. The SMILES string of the molecule is C/C=C\C(C)(C#N)C1(n2c3ccc(C)cc3c3cc(C)ccc32)CC(C(C)C)=C(n2c3ccc(C)cc3c3cc(C)ccc32)C(C(C)C)=C1c1ccc(C#N)cc1. The minimum Gasteiger partial charge on any atom is -0.328 e. The first-order valence-electron chi connectivity index (χ1n) is 20.4. The van der Waals surface area contributed by atoms with Crippen molar-refractivity contribution in [3.05, 3.63) is 154 Å². The quantitative estimate of drug-likeness (QED) is 0.153. The Kier molecular flexibility index (Phi) is 9.17. The Morgan fingerprint density at radius 3 is 1.51 bits per heavy atom. The highest BCUT2D eigenvalue weighted by atomic mass is 15.1. The third kappa shape index (κ3) is 5.61. The van der Waals surface area contributed by atoms with Crippen molar-refractivity contribution in [3.8, 4) is 12.1 Å². The Morgan fingerprint density at radius 1 is 0.649 bits per heavy atom. The average molecular weight is 745 g/mol. The number of hydrogen-bond acceptors (Lipinski definition) is 2. The van der Waals surface area contributed by atoms with Crippen LogP contribution in [0.2, 0.25) is 0 Å². The summed E-state index contributed by atoms with van der Waals surface area (Å²) in [5, 5.41) is 26.7. The molecule has 5 aromatic carbocycles. The summed E-state index contributed by atoms with van der Waals surface area (Å²) < 4.78 is 5.09. The van der Waals surface area contributed by atoms with Gasteiger partial charge in [0.1, 0.15) is 5.41 Å². The van der Waals surface area contributed by atoms with Crippen molar-refractivity contribution in [2.45, 2.75) is 81.2 Å². The Bertz CT molecular complexity index is 2840. The number of allylic oxidation sites excluding steroid dienone is 6. The maximum absolute atomic E-state index is 11.8. The predicted molar refractivity (Wildman–Crippen MR) is 240 cm³/mol. The topological polar surface area (TPSA) is 57.4 Å². The Morgan fingerprint density at radius 2 is 1.11 bits per heavy atom. The van der Waals surface area contributed by atoms with E-state index in [9.17, 15) is 10.5 Å². The molecule has 2 atom stereocenters. The van der Waals surface area contributed by atoms with Crippen LogP contribution in [0, 0.1) is 67.6 Å². The molecule has 0 radical (unpaired) electrons. The van der Waals surface area contributed by atoms with E-state index in [0.29, 0.717) is 12.0 Å². The van der Waals surface area contributed by atoms with E-state index in [1.807, 2.05) is 19.1 Å². The second-order valence-corrected chi connectivity index (χ2v) is 17.3. The minimum atomic E-state index is -1.03. The molecular formula is C53H52N4. The van der Waals surface area contributed by atoms with Crippen LogP contribution in [-0.2, 0) is 5.54 Å². The third-order valence-electron chi connectivity index (χ3n) is 12.6. The van der Waals surface area contributed by atoms with Crippen LogP contribution in [0.15, 0.2) is 120 Å². The molecular weight excluding hydrogens is 693 g/mol. The molecule has 1 aliphatic rings. The molecule has 4 nitrogen and oxygen atoms in total. The second kappa shape index (κ2) is 13.8. The summed E-state index contributed by atoms with van der Waals surface area (Å²) in [6.45, 7) is 22.1. The zero-order valence-corrected chi connectivity index (χ0v) is 35.0. The van der Waals surface area contributed by atoms with Gasteiger partial charge in [0.15, 0.2) is 0 Å². The molecule has 4 heteroatoms. The van der Waals surface area contributed by atoms with Crippen LogP contribution in [0.3, 0.4) is 0 Å². The van der Waals surface area contributed by atoms with E-state index in [1.54, 1.807) is 0 Å². The number of nitriles is 2. The number of aromatic nitrogens is 2. The summed E-state index contributed by atoms with van der Waals surface area (Å²) in [5.74, 6) is 0.193. The molecule has 57 heavy (non-hydrogen) atoms. The zero-order valence-electron chi connectivity index (χ0n) is 35.0. The van der Waals surface area contributed by atoms with E-state index >= 15 is 0 Å². The van der Waals surface area contributed by atoms with Gasteiger partial charge in [0.05, 0.1) is 45.3 Å². The van der Waals surface area contributed by atoms with E-state index in [4.69, 9.17) is 0 Å². The summed E-state index contributed by atoms with van der Waals surface area (Å²) in [6.07, 6.45) is 4.80. The fourth-order valence-corrected chi connectivity index (χ4v) is 9.99. The van der Waals surface area contributed by atoms with Gasteiger partial charge in [0.25, 0.3) is 0 Å². The molecule has 2 unspecified atom stereocenters. The standard InChI is InChI=1S/C53H52N4/c1-11-24-52(10,31-55)53(57-47-22-14-36(8)27-42(47)43-28-37(9)15-23-48(43)57)29-44(32(2)3)51(49(33(4)5)50(53)39-18-16-38(30-54)17-19-39)56-45-20-12-34(6)25-40(45)41-26-35(7)13-21-46(41)56/h11-28,32-33H,29H2,1-10H3/b24-11-. The van der Waals surface area contributed by atoms with Crippen molar-refractivity contribution in [2.75, 3.05) is 0 Å². The molecule has 0 saturated heterocycles. The molecule has 0 spiro atoms. The number of benzene rings is 5. The van der Waals surface area contributed by atoms with E-state index < -0.39 is 11.0 Å². The van der Waals surface area contributed by atoms with Gasteiger partial charge in [-0.2, -0.15) is 10.5 Å². The number of fused-ring (bicyclic) bond motifs is 6. The molecule has 0 fully saturated rings. The van der Waals surface area contributed by atoms with Gasteiger partial charge in [-0.15, -0.1) is 0 Å². The van der Waals surface area contributed by atoms with Crippen molar-refractivity contribution < 1.29 is 0 Å². The lowest BCUT2D eigenvalue weighted by Gasteiger charge is -2.52. The van der Waals surface area contributed by atoms with Crippen molar-refractivity contribution in [2.24, 2.45) is 17.3 Å². The second-order valence-electron chi connectivity index (χ2n) is 17.3. The largest absolute Gasteiger partial charge is 0.328 e. The minimum absolute atomic E-state index is 0.0496. The summed E-state index contributed by atoms with van der Waals surface area (Å²) in [6, 6.07) is 40.8. The molecule has 8 rings (SSSR count). The molecule has 0 saturated carbocycles. The monoisotopic (exact) mass is 744 g/mol. The molecule has 284 valence electrons. The number of aryl methyl sites for hydroxylation is 4. The van der Waals surface area contributed by atoms with E-state index in [1.165, 1.54) is 71.7 Å². The Hall–Kier alpha value is -6.10. The van der Waals surface area contributed by atoms with Gasteiger partial charge >= 0.3 is 0 Å². The summed E-state index contributed by atoms with van der Waals surface area (Å²) in [7, 11) is 0. The van der Waals surface area contributed by atoms with Gasteiger partial charge in [-0.25, -0.2) is 0 Å². The summed E-state index contributed by atoms with van der Waals surface area (Å²) >= 11 is 0. The van der Waals surface area contributed by atoms with Crippen LogP contribution in [0.1, 0.15) is 81.3 Å². The van der Waals surface area contributed by atoms with Crippen molar-refractivity contribution in [1.29, 1.82) is 10.5 Å². The third-order valence-corrected chi connectivity index (χ3v) is 12.6. The van der Waals surface area contributed by atoms with Crippen LogP contribution < -0.4 is 0 Å². The molecule has 2 heterocycles. The lowest BCUT2D eigenvalue weighted by Crippen LogP contribution is -2.51. The van der Waals surface area contributed by atoms with Gasteiger partial charge < -0.3 is 9.13 Å². The predicted octanol–water partition coefficient (Wildman–Crippen LogP) is 13.9. The van der Waals surface area contributed by atoms with Crippen molar-refractivity contribution >= 4 is 54.9 Å². The maximum Gasteiger partial charge on any atom is 0.100 e. The van der Waals surface area contributed by atoms with Crippen LogP contribution >= 0.6 is 0 Å². The van der Waals surface area contributed by atoms with Crippen molar-refractivity contribution in [1.82, 2.24) is 9.13 Å². The lowest BCUT2D eigenvalue weighted by atomic mass is 9.57. The van der Waals surface area contributed by atoms with Gasteiger partial charge in [0.2, 0.25) is 0 Å². The highest BCUT2D eigenvalue weighted by Gasteiger charge is 2.57. The summed E-state index contributed by atoms with van der Waals surface area (Å²) in [5.41, 5.74) is 14.0. The normalized spacial score (nSPS) is 17.5. The molecule has 0 N–H and O–H groups in total. The van der Waals surface area contributed by atoms with Crippen LogP contribution in [0.5, 0.6) is 0 Å². The maximum atomic E-state index is 11.8. The Balaban J connectivity index is 1.67. The van der Waals surface area contributed by atoms with Crippen LogP contribution in [0.4, 0.5) is 0 Å². The summed E-state index contributed by atoms with van der Waals surface area (Å²) in [4.78, 5) is 0. The van der Waals surface area contributed by atoms with Gasteiger partial charge in [-0.05, 0) is 136 Å². The van der Waals surface area contributed by atoms with Gasteiger partial charge in [0, 0.05) is 33.7 Å². The molecule has 7 aromatic rings. The van der Waals surface area contributed by atoms with Crippen LogP contribution in [-0.4, -0.2) is 9.13 Å². The molecule has 1 aliphatic carbocycles. The first kappa shape index (κ1) is 37.8. The average Bonchev–Trinajstić information content (AvgIpc) is 3.67. The number of rotatable bonds is 7. The molecule has 0 amide bonds. The van der Waals surface area contributed by atoms with Crippen LogP contribution in [0.25, 0.3) is 54.9 Å². The van der Waals surface area contributed by atoms with E-state index in [0.717, 1.165) is 22.2 Å². The Labute approximate surface area is 337 Å². The molecule has 0 aliphatic heterocycles. The van der Waals surface area contributed by atoms with Gasteiger partial charge in [-0.3, -0.25) is 0 Å². The molecule has 2 aromatic heterocycles. The molecule has 0 bridgehead atoms. The van der Waals surface area contributed by atoms with E-state index in [-0.39, 0.29) is 11.8 Å². The fraction of sp³-hybridized carbons (Fsp3) is 0.283. The first-order valence-corrected chi connectivity index (χ1v) is 20.4. The smallest absolute Gasteiger partial charge is 0.100 e. The highest BCUT2D eigenvalue weighted by Crippen LogP contribution is 2.62. The van der Waals surface area contributed by atoms with Crippen molar-refractivity contribution in [3.63, 3.8) is 0 Å². The number of hydrogen-bond donors (Lipinski definition) is 0. The zero-order chi connectivity index (χ0) is 40.6. The fourth-order valence-electron chi connectivity index (χ4n) is 9.99. The van der Waals surface area contributed by atoms with E-state index in [2.05, 4.69) is 181 Å². The number of nitrogens with zero attached hydrogens (tertiary/aromatic N) is 4.